The van der Waals surface area contributed by atoms with Crippen LogP contribution < -0.4 is 5.90 Å². The van der Waals surface area contributed by atoms with Crippen LogP contribution in [0.2, 0.25) is 0 Å². The SMILES string of the molecule is NOCC1CS(=O)(=O)c2ccc(O)cc21. The molecule has 5 nitrogen and oxygen atoms in total. The minimum absolute atomic E-state index is 0.0109. The second-order valence-corrected chi connectivity index (χ2v) is 5.54. The van der Waals surface area contributed by atoms with E-state index in [-0.39, 0.29) is 28.9 Å². The third kappa shape index (κ3) is 1.71. The molecule has 1 unspecified atom stereocenters. The van der Waals surface area contributed by atoms with Gasteiger partial charge in [-0.1, -0.05) is 0 Å². The van der Waals surface area contributed by atoms with Crippen molar-refractivity contribution in [3.8, 4) is 5.75 Å². The van der Waals surface area contributed by atoms with E-state index in [2.05, 4.69) is 4.84 Å². The summed E-state index contributed by atoms with van der Waals surface area (Å²) < 4.78 is 23.3. The number of sulfone groups is 1. The van der Waals surface area contributed by atoms with Crippen molar-refractivity contribution in [3.63, 3.8) is 0 Å². The average molecular weight is 229 g/mol. The van der Waals surface area contributed by atoms with Gasteiger partial charge in [-0.3, -0.25) is 0 Å². The molecule has 0 bridgehead atoms. The summed E-state index contributed by atoms with van der Waals surface area (Å²) in [6.45, 7) is 0.135. The number of phenolic OH excluding ortho intramolecular Hbond substituents is 1. The molecular weight excluding hydrogens is 218 g/mol. The summed E-state index contributed by atoms with van der Waals surface area (Å²) in [7, 11) is -3.24. The van der Waals surface area contributed by atoms with E-state index in [0.29, 0.717) is 5.56 Å². The molecule has 1 atom stereocenters. The van der Waals surface area contributed by atoms with Crippen LogP contribution in [-0.2, 0) is 14.7 Å². The molecule has 1 heterocycles. The van der Waals surface area contributed by atoms with Crippen molar-refractivity contribution in [2.75, 3.05) is 12.4 Å². The highest BCUT2D eigenvalue weighted by molar-refractivity contribution is 7.91. The fourth-order valence-electron chi connectivity index (χ4n) is 1.84. The minimum atomic E-state index is -3.24. The Labute approximate surface area is 87.3 Å². The summed E-state index contributed by atoms with van der Waals surface area (Å²) in [5.74, 6) is 4.68. The van der Waals surface area contributed by atoms with Gasteiger partial charge in [-0.05, 0) is 23.8 Å². The van der Waals surface area contributed by atoms with Crippen LogP contribution in [0, 0.1) is 0 Å². The third-order valence-corrected chi connectivity index (χ3v) is 4.37. The number of benzene rings is 1. The molecule has 6 heteroatoms. The van der Waals surface area contributed by atoms with Gasteiger partial charge >= 0.3 is 0 Å². The second-order valence-electron chi connectivity index (χ2n) is 3.53. The average Bonchev–Trinajstić information content (AvgIpc) is 2.39. The highest BCUT2D eigenvalue weighted by atomic mass is 32.2. The fourth-order valence-corrected chi connectivity index (χ4v) is 3.68. The van der Waals surface area contributed by atoms with Crippen LogP contribution in [0.1, 0.15) is 11.5 Å². The molecule has 0 saturated heterocycles. The lowest BCUT2D eigenvalue weighted by Gasteiger charge is -2.07. The number of phenols is 1. The smallest absolute Gasteiger partial charge is 0.179 e. The molecule has 82 valence electrons. The van der Waals surface area contributed by atoms with Gasteiger partial charge in [0, 0.05) is 5.92 Å². The van der Waals surface area contributed by atoms with Crippen LogP contribution in [0.3, 0.4) is 0 Å². The Morgan fingerprint density at radius 1 is 1.53 bits per heavy atom. The topological polar surface area (TPSA) is 89.6 Å². The molecule has 1 aromatic rings. The van der Waals surface area contributed by atoms with Crippen LogP contribution in [0.25, 0.3) is 0 Å². The van der Waals surface area contributed by atoms with Crippen LogP contribution in [0.15, 0.2) is 23.1 Å². The fraction of sp³-hybridized carbons (Fsp3) is 0.333. The molecule has 1 aromatic carbocycles. The van der Waals surface area contributed by atoms with E-state index >= 15 is 0 Å². The molecule has 2 rings (SSSR count). The zero-order chi connectivity index (χ0) is 11.1. The summed E-state index contributed by atoms with van der Waals surface area (Å²) in [4.78, 5) is 4.74. The number of aromatic hydroxyl groups is 1. The van der Waals surface area contributed by atoms with Gasteiger partial charge in [0.05, 0.1) is 17.3 Å². The van der Waals surface area contributed by atoms with Crippen LogP contribution >= 0.6 is 0 Å². The molecular formula is C9H11NO4S. The van der Waals surface area contributed by atoms with E-state index in [9.17, 15) is 13.5 Å². The van der Waals surface area contributed by atoms with Gasteiger partial charge in [0.2, 0.25) is 0 Å². The summed E-state index contributed by atoms with van der Waals surface area (Å²) in [5.41, 5.74) is 0.584. The van der Waals surface area contributed by atoms with E-state index in [1.807, 2.05) is 0 Å². The molecule has 0 aliphatic carbocycles. The summed E-state index contributed by atoms with van der Waals surface area (Å²) in [5, 5.41) is 9.29. The van der Waals surface area contributed by atoms with Crippen LogP contribution in [0.4, 0.5) is 0 Å². The predicted octanol–water partition coefficient (Wildman–Crippen LogP) is 0.153. The van der Waals surface area contributed by atoms with E-state index in [0.717, 1.165) is 0 Å². The van der Waals surface area contributed by atoms with Gasteiger partial charge in [0.1, 0.15) is 5.75 Å². The maximum Gasteiger partial charge on any atom is 0.179 e. The Bertz CT molecular complexity index is 483. The molecule has 0 radical (unpaired) electrons. The van der Waals surface area contributed by atoms with Crippen molar-refractivity contribution in [1.29, 1.82) is 0 Å². The Morgan fingerprint density at radius 2 is 2.27 bits per heavy atom. The normalized spacial score (nSPS) is 22.6. The number of rotatable bonds is 2. The van der Waals surface area contributed by atoms with Crippen LogP contribution in [-0.4, -0.2) is 25.9 Å². The highest BCUT2D eigenvalue weighted by Gasteiger charge is 2.34. The molecule has 0 amide bonds. The third-order valence-electron chi connectivity index (χ3n) is 2.49. The monoisotopic (exact) mass is 229 g/mol. The summed E-state index contributed by atoms with van der Waals surface area (Å²) >= 11 is 0. The van der Waals surface area contributed by atoms with Crippen molar-refractivity contribution in [3.05, 3.63) is 23.8 Å². The van der Waals surface area contributed by atoms with E-state index in [1.54, 1.807) is 0 Å². The zero-order valence-electron chi connectivity index (χ0n) is 7.88. The zero-order valence-corrected chi connectivity index (χ0v) is 8.70. The van der Waals surface area contributed by atoms with Crippen molar-refractivity contribution in [2.24, 2.45) is 5.90 Å². The van der Waals surface area contributed by atoms with Crippen molar-refractivity contribution in [2.45, 2.75) is 10.8 Å². The van der Waals surface area contributed by atoms with Gasteiger partial charge < -0.3 is 9.94 Å². The minimum Gasteiger partial charge on any atom is -0.508 e. The first-order chi connectivity index (χ1) is 7.04. The van der Waals surface area contributed by atoms with Gasteiger partial charge in [0.15, 0.2) is 9.84 Å². The van der Waals surface area contributed by atoms with E-state index in [4.69, 9.17) is 5.90 Å². The standard InChI is InChI=1S/C9H11NO4S/c10-14-4-6-5-15(12,13)9-2-1-7(11)3-8(6)9/h1-3,6,11H,4-5,10H2. The Morgan fingerprint density at radius 3 is 2.93 bits per heavy atom. The summed E-state index contributed by atoms with van der Waals surface area (Å²) in [6, 6.07) is 4.22. The largest absolute Gasteiger partial charge is 0.508 e. The van der Waals surface area contributed by atoms with Gasteiger partial charge in [0.25, 0.3) is 0 Å². The first kappa shape index (κ1) is 10.4. The maximum atomic E-state index is 11.7. The molecule has 15 heavy (non-hydrogen) atoms. The first-order valence-electron chi connectivity index (χ1n) is 4.42. The molecule has 0 spiro atoms. The lowest BCUT2D eigenvalue weighted by Crippen LogP contribution is -2.13. The maximum absolute atomic E-state index is 11.7. The molecule has 1 aliphatic rings. The predicted molar refractivity (Wildman–Crippen MR) is 53.0 cm³/mol. The van der Waals surface area contributed by atoms with Crippen molar-refractivity contribution >= 4 is 9.84 Å². The molecule has 1 aliphatic heterocycles. The van der Waals surface area contributed by atoms with Crippen molar-refractivity contribution in [1.82, 2.24) is 0 Å². The number of fused-ring (bicyclic) bond motifs is 1. The Balaban J connectivity index is 2.53. The molecule has 0 saturated carbocycles. The van der Waals surface area contributed by atoms with E-state index < -0.39 is 9.84 Å². The second kappa shape index (κ2) is 3.48. The highest BCUT2D eigenvalue weighted by Crippen LogP contribution is 2.36. The van der Waals surface area contributed by atoms with Crippen molar-refractivity contribution < 1.29 is 18.4 Å². The lowest BCUT2D eigenvalue weighted by molar-refractivity contribution is 0.127. The van der Waals surface area contributed by atoms with Crippen LogP contribution in [0.5, 0.6) is 5.75 Å². The molecule has 0 fully saturated rings. The quantitative estimate of drug-likeness (QED) is 0.705. The lowest BCUT2D eigenvalue weighted by atomic mass is 10.0. The number of hydrogen-bond acceptors (Lipinski definition) is 5. The Hall–Kier alpha value is -1.11. The van der Waals surface area contributed by atoms with Gasteiger partial charge in [-0.15, -0.1) is 0 Å². The number of hydrogen-bond donors (Lipinski definition) is 2. The van der Waals surface area contributed by atoms with Gasteiger partial charge in [-0.25, -0.2) is 14.3 Å². The first-order valence-corrected chi connectivity index (χ1v) is 6.07. The molecule has 0 aromatic heterocycles. The summed E-state index contributed by atoms with van der Waals surface area (Å²) in [6.07, 6.45) is 0. The van der Waals surface area contributed by atoms with E-state index in [1.165, 1.54) is 18.2 Å². The Kier molecular flexibility index (Phi) is 2.41. The van der Waals surface area contributed by atoms with Gasteiger partial charge in [-0.2, -0.15) is 0 Å². The molecule has 3 N–H and O–H groups in total. The number of nitrogens with two attached hydrogens (primary N) is 1.